The van der Waals surface area contributed by atoms with Crippen molar-refractivity contribution in [2.75, 3.05) is 6.61 Å². The third kappa shape index (κ3) is 2.48. The molecule has 1 heterocycles. The molecular formula is C13H17F2NO. The van der Waals surface area contributed by atoms with Crippen molar-refractivity contribution in [3.63, 3.8) is 0 Å². The molecule has 94 valence electrons. The molecule has 1 aliphatic rings. The summed E-state index contributed by atoms with van der Waals surface area (Å²) >= 11 is 0. The summed E-state index contributed by atoms with van der Waals surface area (Å²) in [6, 6.07) is 2.92. The highest BCUT2D eigenvalue weighted by molar-refractivity contribution is 5.24. The number of rotatable bonds is 2. The van der Waals surface area contributed by atoms with E-state index in [9.17, 15) is 8.78 Å². The summed E-state index contributed by atoms with van der Waals surface area (Å²) in [7, 11) is 0. The fourth-order valence-electron chi connectivity index (χ4n) is 2.28. The summed E-state index contributed by atoms with van der Waals surface area (Å²) in [4.78, 5) is 0. The molecule has 0 saturated carbocycles. The van der Waals surface area contributed by atoms with Gasteiger partial charge >= 0.3 is 0 Å². The van der Waals surface area contributed by atoms with Crippen LogP contribution in [-0.2, 0) is 4.74 Å². The van der Waals surface area contributed by atoms with E-state index in [1.54, 1.807) is 0 Å². The second kappa shape index (κ2) is 4.70. The molecule has 1 aromatic rings. The van der Waals surface area contributed by atoms with Crippen LogP contribution in [0.4, 0.5) is 8.78 Å². The van der Waals surface area contributed by atoms with Crippen LogP contribution in [0.5, 0.6) is 0 Å². The van der Waals surface area contributed by atoms with Crippen molar-refractivity contribution in [2.24, 2.45) is 5.73 Å². The first-order valence-corrected chi connectivity index (χ1v) is 5.87. The molecule has 0 spiro atoms. The number of halogens is 2. The van der Waals surface area contributed by atoms with Crippen LogP contribution in [0.3, 0.4) is 0 Å². The zero-order valence-electron chi connectivity index (χ0n) is 9.88. The van der Waals surface area contributed by atoms with Crippen LogP contribution in [0.15, 0.2) is 18.2 Å². The van der Waals surface area contributed by atoms with Crippen LogP contribution in [0.1, 0.15) is 37.8 Å². The van der Waals surface area contributed by atoms with E-state index in [0.29, 0.717) is 12.2 Å². The van der Waals surface area contributed by atoms with Crippen molar-refractivity contribution >= 4 is 0 Å². The number of benzene rings is 1. The molecule has 0 amide bonds. The van der Waals surface area contributed by atoms with Crippen LogP contribution < -0.4 is 5.73 Å². The molecule has 1 saturated heterocycles. The smallest absolute Gasteiger partial charge is 0.130 e. The van der Waals surface area contributed by atoms with Gasteiger partial charge in [-0.2, -0.15) is 0 Å². The van der Waals surface area contributed by atoms with E-state index in [4.69, 9.17) is 10.5 Å². The summed E-state index contributed by atoms with van der Waals surface area (Å²) in [5.74, 6) is -1.19. The van der Waals surface area contributed by atoms with Gasteiger partial charge in [-0.3, -0.25) is 0 Å². The Balaban J connectivity index is 2.26. The number of hydrogen-bond acceptors (Lipinski definition) is 2. The van der Waals surface area contributed by atoms with Crippen molar-refractivity contribution in [1.29, 1.82) is 0 Å². The highest BCUT2D eigenvalue weighted by atomic mass is 19.1. The van der Waals surface area contributed by atoms with Crippen molar-refractivity contribution in [3.8, 4) is 0 Å². The van der Waals surface area contributed by atoms with Gasteiger partial charge in [0.15, 0.2) is 0 Å². The minimum Gasteiger partial charge on any atom is -0.373 e. The lowest BCUT2D eigenvalue weighted by Crippen LogP contribution is -2.43. The third-order valence-corrected chi connectivity index (χ3v) is 3.45. The normalized spacial score (nSPS) is 26.8. The van der Waals surface area contributed by atoms with Gasteiger partial charge in [0.25, 0.3) is 0 Å². The van der Waals surface area contributed by atoms with E-state index in [0.717, 1.165) is 25.3 Å². The zero-order valence-corrected chi connectivity index (χ0v) is 9.88. The van der Waals surface area contributed by atoms with Crippen LogP contribution in [-0.4, -0.2) is 12.2 Å². The Morgan fingerprint density at radius 3 is 2.71 bits per heavy atom. The van der Waals surface area contributed by atoms with Crippen molar-refractivity contribution in [1.82, 2.24) is 0 Å². The molecule has 4 heteroatoms. The first-order valence-electron chi connectivity index (χ1n) is 5.87. The molecule has 0 radical (unpaired) electrons. The molecular weight excluding hydrogens is 224 g/mol. The first kappa shape index (κ1) is 12.5. The predicted molar refractivity (Wildman–Crippen MR) is 61.5 cm³/mol. The van der Waals surface area contributed by atoms with Gasteiger partial charge in [-0.15, -0.1) is 0 Å². The van der Waals surface area contributed by atoms with Gasteiger partial charge in [0.1, 0.15) is 11.6 Å². The Hall–Kier alpha value is -1.00. The second-order valence-electron chi connectivity index (χ2n) is 4.76. The molecule has 17 heavy (non-hydrogen) atoms. The molecule has 2 atom stereocenters. The maximum absolute atomic E-state index is 13.7. The van der Waals surface area contributed by atoms with E-state index in [1.807, 2.05) is 6.92 Å². The second-order valence-corrected chi connectivity index (χ2v) is 4.76. The Morgan fingerprint density at radius 1 is 1.35 bits per heavy atom. The van der Waals surface area contributed by atoms with Crippen LogP contribution in [0, 0.1) is 11.6 Å². The van der Waals surface area contributed by atoms with Crippen LogP contribution in [0.2, 0.25) is 0 Å². The van der Waals surface area contributed by atoms with E-state index >= 15 is 0 Å². The van der Waals surface area contributed by atoms with E-state index in [2.05, 4.69) is 0 Å². The first-order chi connectivity index (χ1) is 8.03. The number of ether oxygens (including phenoxy) is 1. The SMILES string of the molecule is CC1(C(N)c2ccc(F)cc2F)CCCCO1. The third-order valence-electron chi connectivity index (χ3n) is 3.45. The van der Waals surface area contributed by atoms with Gasteiger partial charge in [0, 0.05) is 18.2 Å². The molecule has 2 N–H and O–H groups in total. The summed E-state index contributed by atoms with van der Waals surface area (Å²) in [5.41, 5.74) is 5.82. The minimum atomic E-state index is -0.604. The summed E-state index contributed by atoms with van der Waals surface area (Å²) in [6.45, 7) is 2.53. The quantitative estimate of drug-likeness (QED) is 0.864. The van der Waals surface area contributed by atoms with Gasteiger partial charge in [-0.05, 0) is 32.3 Å². The molecule has 2 unspecified atom stereocenters. The van der Waals surface area contributed by atoms with Crippen molar-refractivity contribution in [3.05, 3.63) is 35.4 Å². The summed E-state index contributed by atoms with van der Waals surface area (Å²) < 4.78 is 32.2. The van der Waals surface area contributed by atoms with Gasteiger partial charge in [-0.1, -0.05) is 6.07 Å². The van der Waals surface area contributed by atoms with Gasteiger partial charge < -0.3 is 10.5 Å². The maximum atomic E-state index is 13.7. The van der Waals surface area contributed by atoms with E-state index in [-0.39, 0.29) is 0 Å². The maximum Gasteiger partial charge on any atom is 0.130 e. The molecule has 0 aliphatic carbocycles. The fraction of sp³-hybridized carbons (Fsp3) is 0.538. The lowest BCUT2D eigenvalue weighted by atomic mass is 9.84. The molecule has 2 nitrogen and oxygen atoms in total. The van der Waals surface area contributed by atoms with Gasteiger partial charge in [0.05, 0.1) is 11.6 Å². The molecule has 1 aliphatic heterocycles. The lowest BCUT2D eigenvalue weighted by molar-refractivity contribution is -0.0826. The summed E-state index contributed by atoms with van der Waals surface area (Å²) in [5, 5.41) is 0. The Bertz CT molecular complexity index is 402. The lowest BCUT2D eigenvalue weighted by Gasteiger charge is -2.39. The van der Waals surface area contributed by atoms with E-state index < -0.39 is 23.3 Å². The Kier molecular flexibility index (Phi) is 3.45. The molecule has 1 aromatic carbocycles. The zero-order chi connectivity index (χ0) is 12.5. The monoisotopic (exact) mass is 241 g/mol. The molecule has 0 bridgehead atoms. The van der Waals surface area contributed by atoms with E-state index in [1.165, 1.54) is 12.1 Å². The average Bonchev–Trinajstić information content (AvgIpc) is 2.29. The number of hydrogen-bond donors (Lipinski definition) is 1. The van der Waals surface area contributed by atoms with Gasteiger partial charge in [0.2, 0.25) is 0 Å². The number of nitrogens with two attached hydrogens (primary N) is 1. The minimum absolute atomic E-state index is 0.316. The van der Waals surface area contributed by atoms with Crippen LogP contribution in [0.25, 0.3) is 0 Å². The molecule has 1 fully saturated rings. The Morgan fingerprint density at radius 2 is 2.12 bits per heavy atom. The summed E-state index contributed by atoms with van der Waals surface area (Å²) in [6.07, 6.45) is 2.83. The van der Waals surface area contributed by atoms with Crippen molar-refractivity contribution in [2.45, 2.75) is 37.8 Å². The highest BCUT2D eigenvalue weighted by Gasteiger charge is 2.36. The van der Waals surface area contributed by atoms with Crippen LogP contribution >= 0.6 is 0 Å². The van der Waals surface area contributed by atoms with Gasteiger partial charge in [-0.25, -0.2) is 8.78 Å². The molecule has 0 aromatic heterocycles. The topological polar surface area (TPSA) is 35.2 Å². The molecule has 2 rings (SSSR count). The van der Waals surface area contributed by atoms with Crippen molar-refractivity contribution < 1.29 is 13.5 Å². The standard InChI is InChI=1S/C13H17F2NO/c1-13(6-2-3-7-17-13)12(16)10-5-4-9(14)8-11(10)15/h4-5,8,12H,2-3,6-7,16H2,1H3. The largest absolute Gasteiger partial charge is 0.373 e. The Labute approximate surface area is 99.8 Å². The fourth-order valence-corrected chi connectivity index (χ4v) is 2.28. The average molecular weight is 241 g/mol. The highest BCUT2D eigenvalue weighted by Crippen LogP contribution is 2.35. The predicted octanol–water partition coefficient (Wildman–Crippen LogP) is 2.92.